The van der Waals surface area contributed by atoms with Crippen LogP contribution in [0.25, 0.3) is 32.9 Å². The summed E-state index contributed by atoms with van der Waals surface area (Å²) in [6, 6.07) is 23.2. The quantitative estimate of drug-likeness (QED) is 0.143. The van der Waals surface area contributed by atoms with E-state index >= 15 is 0 Å². The molecule has 8 rings (SSSR count). The van der Waals surface area contributed by atoms with Crippen LogP contribution in [0.3, 0.4) is 0 Å². The molecule has 2 unspecified atom stereocenters. The van der Waals surface area contributed by atoms with Crippen LogP contribution < -0.4 is 4.57 Å². The van der Waals surface area contributed by atoms with Crippen molar-refractivity contribution in [3.63, 3.8) is 0 Å². The number of nitrogens with zero attached hydrogens (tertiary/aromatic N) is 3. The zero-order chi connectivity index (χ0) is 34.0. The maximum atomic E-state index is 2.85. The largest absolute Gasteiger partial charge is 0.372 e. The molecule has 4 aromatic rings. The van der Waals surface area contributed by atoms with Crippen molar-refractivity contribution in [2.75, 3.05) is 13.6 Å². The molecule has 0 radical (unpaired) electrons. The Kier molecular flexibility index (Phi) is 8.48. The molecule has 3 nitrogen and oxygen atoms in total. The average Bonchev–Trinajstić information content (AvgIpc) is 3.11. The lowest BCUT2D eigenvalue weighted by Gasteiger charge is -2.41. The molecule has 2 saturated carbocycles. The van der Waals surface area contributed by atoms with E-state index in [-0.39, 0.29) is 5.41 Å². The normalized spacial score (nSPS) is 22.8. The van der Waals surface area contributed by atoms with Crippen LogP contribution in [0, 0.1) is 6.92 Å². The number of rotatable bonds is 7. The summed E-state index contributed by atoms with van der Waals surface area (Å²) in [5, 5.41) is 4.28. The van der Waals surface area contributed by atoms with Crippen LogP contribution in [0.2, 0.25) is 0 Å². The molecule has 2 heterocycles. The molecule has 3 aromatic carbocycles. The summed E-state index contributed by atoms with van der Waals surface area (Å²) < 4.78 is 5.38. The summed E-state index contributed by atoms with van der Waals surface area (Å²) >= 11 is 0. The summed E-state index contributed by atoms with van der Waals surface area (Å²) in [5.74, 6) is 0.444. The van der Waals surface area contributed by atoms with Crippen molar-refractivity contribution >= 4 is 27.4 Å². The van der Waals surface area contributed by atoms with Gasteiger partial charge in [-0.2, -0.15) is 4.57 Å². The second-order valence-electron chi connectivity index (χ2n) is 16.8. The van der Waals surface area contributed by atoms with Crippen LogP contribution >= 0.6 is 0 Å². The maximum Gasteiger partial charge on any atom is 0.218 e. The second kappa shape index (κ2) is 12.7. The summed E-state index contributed by atoms with van der Waals surface area (Å²) in [6.07, 6.45) is 17.3. The third-order valence-electron chi connectivity index (χ3n) is 13.6. The van der Waals surface area contributed by atoms with Gasteiger partial charge in [0, 0.05) is 72.5 Å². The highest BCUT2D eigenvalue weighted by Crippen LogP contribution is 2.54. The van der Waals surface area contributed by atoms with Gasteiger partial charge in [0.25, 0.3) is 0 Å². The van der Waals surface area contributed by atoms with E-state index in [1.165, 1.54) is 125 Å². The first kappa shape index (κ1) is 32.7. The van der Waals surface area contributed by atoms with Gasteiger partial charge in [-0.3, -0.25) is 0 Å². The van der Waals surface area contributed by atoms with Gasteiger partial charge in [-0.05, 0) is 86.4 Å². The van der Waals surface area contributed by atoms with E-state index in [1.54, 1.807) is 5.56 Å². The molecule has 2 fully saturated rings. The highest BCUT2D eigenvalue weighted by atomic mass is 15.2. The smallest absolute Gasteiger partial charge is 0.218 e. The Morgan fingerprint density at radius 1 is 0.898 bits per heavy atom. The highest BCUT2D eigenvalue weighted by Gasteiger charge is 2.47. The average molecular weight is 654 g/mol. The SMILES string of the molecule is CC(=CC(C)=[N+](C)C1CCCCC1)N(CCC1c2ccc3cccc4c3c2-c2c(cc3c(C)cccc3[n+]2C1C)C4(C)C)C1CCCCC1. The van der Waals surface area contributed by atoms with Gasteiger partial charge in [0.1, 0.15) is 7.05 Å². The molecule has 1 aliphatic heterocycles. The van der Waals surface area contributed by atoms with E-state index < -0.39 is 0 Å². The van der Waals surface area contributed by atoms with Crippen molar-refractivity contribution in [3.8, 4) is 11.3 Å². The molecule has 0 bridgehead atoms. The summed E-state index contributed by atoms with van der Waals surface area (Å²) in [6.45, 7) is 15.6. The second-order valence-corrected chi connectivity index (χ2v) is 16.8. The molecule has 3 aliphatic carbocycles. The van der Waals surface area contributed by atoms with Crippen LogP contribution in [0.1, 0.15) is 139 Å². The minimum atomic E-state index is -0.0654. The summed E-state index contributed by atoms with van der Waals surface area (Å²) in [5.41, 5.74) is 13.1. The molecule has 1 aromatic heterocycles. The third kappa shape index (κ3) is 5.37. The molecule has 0 spiro atoms. The molecule has 0 saturated heterocycles. The standard InChI is InChI=1S/C46H59N3/c1-30-16-14-23-42-39(30)29-41-45-44-38(25-24-34-17-15-22-40(43(34)44)46(41,5)6)37(33(4)49(42)45)26-27-48(36-20-12-9-13-21-36)32(3)28-31(2)47(7)35-18-10-8-11-19-35/h14-17,22-25,28-29,33,35-37H,8-13,18-21,26-27H2,1-7H3/q+2. The fraction of sp³-hybridized carbons (Fsp3) is 0.522. The minimum absolute atomic E-state index is 0.0654. The lowest BCUT2D eigenvalue weighted by atomic mass is 9.66. The molecule has 3 heteroatoms. The Morgan fingerprint density at radius 3 is 2.37 bits per heavy atom. The van der Waals surface area contributed by atoms with Crippen molar-refractivity contribution in [3.05, 3.63) is 88.6 Å². The number of fused-ring (bicyclic) bond motifs is 2. The fourth-order valence-electron chi connectivity index (χ4n) is 10.7. The predicted octanol–water partition coefficient (Wildman–Crippen LogP) is 10.9. The number of pyridine rings is 1. The van der Waals surface area contributed by atoms with Crippen LogP contribution in [0.5, 0.6) is 0 Å². The number of hydrogen-bond donors (Lipinski definition) is 0. The van der Waals surface area contributed by atoms with Gasteiger partial charge in [0.15, 0.2) is 17.8 Å². The lowest BCUT2D eigenvalue weighted by molar-refractivity contribution is -0.690. The topological polar surface area (TPSA) is 10.1 Å². The Hall–Kier alpha value is -3.46. The Labute approximate surface area is 295 Å². The maximum absolute atomic E-state index is 2.85. The highest BCUT2D eigenvalue weighted by molar-refractivity contribution is 6.04. The zero-order valence-electron chi connectivity index (χ0n) is 31.4. The van der Waals surface area contributed by atoms with E-state index in [0.29, 0.717) is 24.0 Å². The van der Waals surface area contributed by atoms with Gasteiger partial charge in [-0.25, -0.2) is 4.58 Å². The first-order valence-electron chi connectivity index (χ1n) is 19.7. The Balaban J connectivity index is 1.23. The molecule has 4 aliphatic rings. The van der Waals surface area contributed by atoms with Crippen molar-refractivity contribution in [1.29, 1.82) is 0 Å². The fourth-order valence-corrected chi connectivity index (χ4v) is 10.7. The van der Waals surface area contributed by atoms with Crippen molar-refractivity contribution in [2.45, 2.75) is 142 Å². The zero-order valence-corrected chi connectivity index (χ0v) is 31.4. The van der Waals surface area contributed by atoms with E-state index in [1.807, 2.05) is 0 Å². The van der Waals surface area contributed by atoms with E-state index in [4.69, 9.17) is 0 Å². The van der Waals surface area contributed by atoms with Crippen LogP contribution in [-0.4, -0.2) is 40.9 Å². The van der Waals surface area contributed by atoms with E-state index in [9.17, 15) is 0 Å². The molecule has 0 N–H and O–H groups in total. The number of allylic oxidation sites excluding steroid dienone is 2. The number of aryl methyl sites for hydroxylation is 1. The van der Waals surface area contributed by atoms with Gasteiger partial charge in [-0.15, -0.1) is 0 Å². The van der Waals surface area contributed by atoms with Gasteiger partial charge in [0.05, 0.1) is 5.56 Å². The van der Waals surface area contributed by atoms with Gasteiger partial charge < -0.3 is 4.90 Å². The van der Waals surface area contributed by atoms with Crippen LogP contribution in [0.15, 0.2) is 66.4 Å². The lowest BCUT2D eigenvalue weighted by Crippen LogP contribution is -2.50. The van der Waals surface area contributed by atoms with Gasteiger partial charge in [-0.1, -0.05) is 82.0 Å². The van der Waals surface area contributed by atoms with Crippen molar-refractivity contribution < 1.29 is 9.14 Å². The monoisotopic (exact) mass is 653 g/mol. The Bertz CT molecular complexity index is 1980. The summed E-state index contributed by atoms with van der Waals surface area (Å²) in [4.78, 5) is 2.85. The number of hydrogen-bond acceptors (Lipinski definition) is 1. The summed E-state index contributed by atoms with van der Waals surface area (Å²) in [7, 11) is 2.35. The number of benzene rings is 3. The first-order valence-corrected chi connectivity index (χ1v) is 19.7. The van der Waals surface area contributed by atoms with Crippen LogP contribution in [-0.2, 0) is 5.41 Å². The molecule has 2 atom stereocenters. The minimum Gasteiger partial charge on any atom is -0.372 e. The van der Waals surface area contributed by atoms with E-state index in [0.717, 1.165) is 13.0 Å². The first-order chi connectivity index (χ1) is 23.7. The predicted molar refractivity (Wildman–Crippen MR) is 207 cm³/mol. The molecular formula is C46H59N3+2. The van der Waals surface area contributed by atoms with Gasteiger partial charge >= 0.3 is 0 Å². The van der Waals surface area contributed by atoms with E-state index in [2.05, 4.69) is 123 Å². The van der Waals surface area contributed by atoms with Gasteiger partial charge in [0.2, 0.25) is 11.2 Å². The molecule has 256 valence electrons. The molecule has 49 heavy (non-hydrogen) atoms. The third-order valence-corrected chi connectivity index (χ3v) is 13.6. The van der Waals surface area contributed by atoms with Crippen molar-refractivity contribution in [1.82, 2.24) is 4.90 Å². The van der Waals surface area contributed by atoms with Crippen LogP contribution in [0.4, 0.5) is 0 Å². The molecule has 0 amide bonds. The Morgan fingerprint density at radius 2 is 1.61 bits per heavy atom. The van der Waals surface area contributed by atoms with Crippen molar-refractivity contribution in [2.24, 2.45) is 0 Å². The number of aromatic nitrogens is 1. The molecular weight excluding hydrogens is 595 g/mol.